The van der Waals surface area contributed by atoms with Crippen molar-refractivity contribution in [2.24, 2.45) is 0 Å². The van der Waals surface area contributed by atoms with Crippen LogP contribution in [-0.4, -0.2) is 16.7 Å². The van der Waals surface area contributed by atoms with Gasteiger partial charge in [-0.1, -0.05) is 48.6 Å². The molecule has 144 valence electrons. The molecule has 2 aromatic carbocycles. The molecule has 0 bridgehead atoms. The number of nitrogens with zero attached hydrogens (tertiary/aromatic N) is 1. The van der Waals surface area contributed by atoms with E-state index in [2.05, 4.69) is 10.5 Å². The number of hydrogen-bond donors (Lipinski definition) is 2. The lowest BCUT2D eigenvalue weighted by atomic mass is 10.1. The van der Waals surface area contributed by atoms with E-state index in [0.29, 0.717) is 19.0 Å². The fraction of sp³-hybridized carbons (Fsp3) is 0.174. The fourth-order valence-corrected chi connectivity index (χ4v) is 2.68. The molecule has 0 aliphatic rings. The number of hydroxylamine groups is 1. The maximum atomic E-state index is 8.57. The van der Waals surface area contributed by atoms with Crippen LogP contribution in [0.15, 0.2) is 77.2 Å². The molecule has 0 aliphatic carbocycles. The summed E-state index contributed by atoms with van der Waals surface area (Å²) in [5, 5.41) is 8.57. The molecule has 5 nitrogen and oxygen atoms in total. The minimum Gasteiger partial charge on any atom is -0.487 e. The van der Waals surface area contributed by atoms with Crippen LogP contribution in [0.3, 0.4) is 0 Å². The first-order valence-corrected chi connectivity index (χ1v) is 9.12. The molecule has 0 saturated carbocycles. The first kappa shape index (κ1) is 19.6. The van der Waals surface area contributed by atoms with Crippen LogP contribution in [-0.2, 0) is 6.61 Å². The van der Waals surface area contributed by atoms with E-state index in [-0.39, 0.29) is 0 Å². The van der Waals surface area contributed by atoms with Gasteiger partial charge < -0.3 is 14.4 Å². The Balaban J connectivity index is 1.68. The predicted molar refractivity (Wildman–Crippen MR) is 110 cm³/mol. The maximum absolute atomic E-state index is 8.57. The molecule has 0 fully saturated rings. The van der Waals surface area contributed by atoms with E-state index in [1.165, 1.54) is 0 Å². The highest BCUT2D eigenvalue weighted by Crippen LogP contribution is 2.24. The van der Waals surface area contributed by atoms with E-state index in [1.54, 1.807) is 0 Å². The zero-order valence-electron chi connectivity index (χ0n) is 16.1. The third-order valence-corrected chi connectivity index (χ3v) is 4.27. The van der Waals surface area contributed by atoms with Crippen molar-refractivity contribution in [1.82, 2.24) is 10.5 Å². The Bertz CT molecular complexity index is 959. The van der Waals surface area contributed by atoms with E-state index in [9.17, 15) is 0 Å². The molecule has 1 heterocycles. The van der Waals surface area contributed by atoms with Crippen LogP contribution in [0.5, 0.6) is 5.75 Å². The Kier molecular flexibility index (Phi) is 6.78. The average Bonchev–Trinajstić information content (AvgIpc) is 3.11. The largest absolute Gasteiger partial charge is 0.487 e. The van der Waals surface area contributed by atoms with Gasteiger partial charge in [-0.2, -0.15) is 0 Å². The van der Waals surface area contributed by atoms with Gasteiger partial charge in [0.2, 0.25) is 5.89 Å². The summed E-state index contributed by atoms with van der Waals surface area (Å²) in [5.74, 6) is 2.14. The fourth-order valence-electron chi connectivity index (χ4n) is 2.68. The number of allylic oxidation sites excluding steroid dienone is 3. The van der Waals surface area contributed by atoms with Crippen molar-refractivity contribution < 1.29 is 14.4 Å². The molecular formula is C23H24N2O3. The van der Waals surface area contributed by atoms with E-state index in [0.717, 1.165) is 33.9 Å². The second kappa shape index (κ2) is 9.69. The zero-order chi connectivity index (χ0) is 19.8. The van der Waals surface area contributed by atoms with Gasteiger partial charge in [-0.15, -0.1) is 0 Å². The molecule has 0 spiro atoms. The molecule has 2 N–H and O–H groups in total. The summed E-state index contributed by atoms with van der Waals surface area (Å²) in [4.78, 5) is 4.57. The molecule has 3 rings (SSSR count). The smallest absolute Gasteiger partial charge is 0.226 e. The van der Waals surface area contributed by atoms with E-state index in [4.69, 9.17) is 14.4 Å². The molecule has 5 heteroatoms. The summed E-state index contributed by atoms with van der Waals surface area (Å²) in [6.45, 7) is 4.68. The Morgan fingerprint density at radius 2 is 2.00 bits per heavy atom. The van der Waals surface area contributed by atoms with Gasteiger partial charge in [-0.05, 0) is 49.2 Å². The summed E-state index contributed by atoms with van der Waals surface area (Å²) in [6, 6.07) is 17.8. The summed E-state index contributed by atoms with van der Waals surface area (Å²) < 4.78 is 11.7. The second-order valence-electron chi connectivity index (χ2n) is 6.34. The SMILES string of the molecule is CC(=CC=CCNO)c1cccc(OCc2nc(-c3ccccc3)oc2C)c1. The summed E-state index contributed by atoms with van der Waals surface area (Å²) in [6.07, 6.45) is 5.72. The van der Waals surface area contributed by atoms with Gasteiger partial charge >= 0.3 is 0 Å². The van der Waals surface area contributed by atoms with E-state index < -0.39 is 0 Å². The lowest BCUT2D eigenvalue weighted by Crippen LogP contribution is -2.04. The summed E-state index contributed by atoms with van der Waals surface area (Å²) >= 11 is 0. The van der Waals surface area contributed by atoms with Crippen LogP contribution in [0.4, 0.5) is 0 Å². The highest BCUT2D eigenvalue weighted by atomic mass is 16.5. The predicted octanol–water partition coefficient (Wildman–Crippen LogP) is 5.17. The number of hydrogen-bond acceptors (Lipinski definition) is 5. The van der Waals surface area contributed by atoms with Crippen LogP contribution < -0.4 is 10.2 Å². The van der Waals surface area contributed by atoms with Crippen molar-refractivity contribution in [3.63, 3.8) is 0 Å². The Morgan fingerprint density at radius 1 is 1.18 bits per heavy atom. The Hall–Kier alpha value is -3.15. The third-order valence-electron chi connectivity index (χ3n) is 4.27. The topological polar surface area (TPSA) is 67.5 Å². The first-order valence-electron chi connectivity index (χ1n) is 9.12. The Morgan fingerprint density at radius 3 is 2.79 bits per heavy atom. The van der Waals surface area contributed by atoms with Gasteiger partial charge in [-0.3, -0.25) is 0 Å². The van der Waals surface area contributed by atoms with Crippen molar-refractivity contribution in [3.05, 3.63) is 89.8 Å². The molecule has 28 heavy (non-hydrogen) atoms. The molecule has 0 radical (unpaired) electrons. The quantitative estimate of drug-likeness (QED) is 0.419. The van der Waals surface area contributed by atoms with Gasteiger partial charge in [0, 0.05) is 12.1 Å². The maximum Gasteiger partial charge on any atom is 0.226 e. The number of aromatic nitrogens is 1. The second-order valence-corrected chi connectivity index (χ2v) is 6.34. The molecule has 3 aromatic rings. The van der Waals surface area contributed by atoms with Gasteiger partial charge in [-0.25, -0.2) is 10.5 Å². The van der Waals surface area contributed by atoms with E-state index in [1.807, 2.05) is 86.7 Å². The van der Waals surface area contributed by atoms with Crippen molar-refractivity contribution in [2.45, 2.75) is 20.5 Å². The van der Waals surface area contributed by atoms with Crippen molar-refractivity contribution in [3.8, 4) is 17.2 Å². The number of nitrogens with one attached hydrogen (secondary N) is 1. The van der Waals surface area contributed by atoms with Crippen LogP contribution in [0.2, 0.25) is 0 Å². The summed E-state index contributed by atoms with van der Waals surface area (Å²) in [5.41, 5.74) is 6.00. The standard InChI is InChI=1S/C23H24N2O3/c1-17(9-6-7-14-24-26)20-12-8-13-21(15-20)27-16-22-18(2)28-23(25-22)19-10-4-3-5-11-19/h3-13,15,24,26H,14,16H2,1-2H3. The van der Waals surface area contributed by atoms with Gasteiger partial charge in [0.25, 0.3) is 0 Å². The van der Waals surface area contributed by atoms with Crippen LogP contribution in [0.25, 0.3) is 17.0 Å². The van der Waals surface area contributed by atoms with E-state index >= 15 is 0 Å². The van der Waals surface area contributed by atoms with Crippen molar-refractivity contribution in [1.29, 1.82) is 0 Å². The number of ether oxygens (including phenoxy) is 1. The number of benzene rings is 2. The molecule has 0 amide bonds. The minimum atomic E-state index is 0.344. The third kappa shape index (κ3) is 5.19. The lowest BCUT2D eigenvalue weighted by molar-refractivity contribution is 0.179. The average molecular weight is 376 g/mol. The van der Waals surface area contributed by atoms with Crippen LogP contribution in [0.1, 0.15) is 23.9 Å². The van der Waals surface area contributed by atoms with Gasteiger partial charge in [0.1, 0.15) is 23.8 Å². The highest BCUT2D eigenvalue weighted by Gasteiger charge is 2.12. The molecule has 0 atom stereocenters. The van der Waals surface area contributed by atoms with Crippen LogP contribution >= 0.6 is 0 Å². The molecule has 1 aromatic heterocycles. The summed E-state index contributed by atoms with van der Waals surface area (Å²) in [7, 11) is 0. The van der Waals surface area contributed by atoms with Crippen molar-refractivity contribution in [2.75, 3.05) is 6.54 Å². The molecule has 0 aliphatic heterocycles. The van der Waals surface area contributed by atoms with Crippen molar-refractivity contribution >= 4 is 5.57 Å². The number of oxazole rings is 1. The van der Waals surface area contributed by atoms with Crippen LogP contribution in [0, 0.1) is 6.92 Å². The number of aryl methyl sites for hydroxylation is 1. The lowest BCUT2D eigenvalue weighted by Gasteiger charge is -2.07. The monoisotopic (exact) mass is 376 g/mol. The zero-order valence-corrected chi connectivity index (χ0v) is 16.1. The Labute approximate surface area is 165 Å². The minimum absolute atomic E-state index is 0.344. The number of rotatable bonds is 8. The van der Waals surface area contributed by atoms with Gasteiger partial charge in [0.15, 0.2) is 0 Å². The molecule has 0 unspecified atom stereocenters. The first-order chi connectivity index (χ1) is 13.7. The highest BCUT2D eigenvalue weighted by molar-refractivity contribution is 5.66. The van der Waals surface area contributed by atoms with Gasteiger partial charge in [0.05, 0.1) is 0 Å². The molecular weight excluding hydrogens is 352 g/mol. The molecule has 0 saturated heterocycles. The normalized spacial score (nSPS) is 11.9.